The van der Waals surface area contributed by atoms with Crippen LogP contribution in [0.25, 0.3) is 16.5 Å². The first-order chi connectivity index (χ1) is 11.0. The third-order valence-electron chi connectivity index (χ3n) is 3.41. The van der Waals surface area contributed by atoms with Gasteiger partial charge in [-0.2, -0.15) is 5.10 Å². The number of aryl methyl sites for hydroxylation is 1. The predicted octanol–water partition coefficient (Wildman–Crippen LogP) is 4.77. The van der Waals surface area contributed by atoms with Crippen LogP contribution < -0.4 is 0 Å². The first-order valence-electron chi connectivity index (χ1n) is 7.12. The lowest BCUT2D eigenvalue weighted by atomic mass is 10.1. The largest absolute Gasteiger partial charge is 0.461 e. The molecule has 0 bridgehead atoms. The molecule has 23 heavy (non-hydrogen) atoms. The highest BCUT2D eigenvalue weighted by atomic mass is 127. The summed E-state index contributed by atoms with van der Waals surface area (Å²) in [7, 11) is 0. The molecule has 3 aromatic rings. The molecule has 1 heterocycles. The molecule has 0 fully saturated rings. The molecule has 0 atom stereocenters. The maximum Gasteiger partial charge on any atom is 0.357 e. The maximum absolute atomic E-state index is 12.2. The number of benzene rings is 2. The van der Waals surface area contributed by atoms with E-state index in [2.05, 4.69) is 27.7 Å². The van der Waals surface area contributed by atoms with Gasteiger partial charge < -0.3 is 4.74 Å². The van der Waals surface area contributed by atoms with E-state index < -0.39 is 0 Å². The molecule has 0 aliphatic carbocycles. The van der Waals surface area contributed by atoms with Crippen molar-refractivity contribution in [3.05, 3.63) is 56.4 Å². The van der Waals surface area contributed by atoms with Crippen molar-refractivity contribution in [2.75, 3.05) is 6.61 Å². The topological polar surface area (TPSA) is 44.1 Å². The number of fused-ring (bicyclic) bond motifs is 1. The minimum absolute atomic E-state index is 0.327. The second-order valence-corrected chi connectivity index (χ2v) is 6.70. The standard InChI is InChI=1S/C17H14ClIN2O2/c1-3-23-17(22)16-6-10(2)20-21(16)15-9-12-7-13(18)5-4-11(12)8-14(15)19/h4-9H,3H2,1-2H3. The van der Waals surface area contributed by atoms with E-state index in [0.29, 0.717) is 17.3 Å². The summed E-state index contributed by atoms with van der Waals surface area (Å²) in [6.45, 7) is 3.96. The van der Waals surface area contributed by atoms with Gasteiger partial charge >= 0.3 is 5.97 Å². The summed E-state index contributed by atoms with van der Waals surface area (Å²) >= 11 is 8.33. The van der Waals surface area contributed by atoms with Gasteiger partial charge in [0.25, 0.3) is 0 Å². The van der Waals surface area contributed by atoms with Gasteiger partial charge in [0.2, 0.25) is 0 Å². The van der Waals surface area contributed by atoms with E-state index in [1.807, 2.05) is 37.3 Å². The van der Waals surface area contributed by atoms with Crippen LogP contribution in [0.5, 0.6) is 0 Å². The lowest BCUT2D eigenvalue weighted by Gasteiger charge is -2.11. The van der Waals surface area contributed by atoms with Crippen LogP contribution in [0.1, 0.15) is 23.1 Å². The van der Waals surface area contributed by atoms with E-state index in [9.17, 15) is 4.79 Å². The van der Waals surface area contributed by atoms with E-state index in [1.54, 1.807) is 17.7 Å². The average Bonchev–Trinajstić information content (AvgIpc) is 2.89. The maximum atomic E-state index is 12.2. The summed E-state index contributed by atoms with van der Waals surface area (Å²) in [5.74, 6) is -0.380. The SMILES string of the molecule is CCOC(=O)c1cc(C)nn1-c1cc2cc(Cl)ccc2cc1I. The highest BCUT2D eigenvalue weighted by Crippen LogP contribution is 2.27. The zero-order valence-corrected chi connectivity index (χ0v) is 15.6. The molecule has 0 aliphatic rings. The van der Waals surface area contributed by atoms with Gasteiger partial charge in [-0.1, -0.05) is 17.7 Å². The van der Waals surface area contributed by atoms with Crippen LogP contribution in [0, 0.1) is 10.5 Å². The molecule has 0 spiro atoms. The molecular weight excluding hydrogens is 427 g/mol. The summed E-state index contributed by atoms with van der Waals surface area (Å²) in [5.41, 5.74) is 2.01. The Kier molecular flexibility index (Phi) is 4.59. The number of hydrogen-bond donors (Lipinski definition) is 0. The van der Waals surface area contributed by atoms with Crippen LogP contribution in [0.3, 0.4) is 0 Å². The van der Waals surface area contributed by atoms with Gasteiger partial charge in [-0.15, -0.1) is 0 Å². The van der Waals surface area contributed by atoms with E-state index in [0.717, 1.165) is 25.7 Å². The molecule has 0 aliphatic heterocycles. The zero-order valence-electron chi connectivity index (χ0n) is 12.6. The third kappa shape index (κ3) is 3.21. The lowest BCUT2D eigenvalue weighted by Crippen LogP contribution is -2.12. The summed E-state index contributed by atoms with van der Waals surface area (Å²) in [6, 6.07) is 11.5. The van der Waals surface area contributed by atoms with E-state index >= 15 is 0 Å². The van der Waals surface area contributed by atoms with Crippen molar-refractivity contribution in [3.63, 3.8) is 0 Å². The van der Waals surface area contributed by atoms with E-state index in [-0.39, 0.29) is 5.97 Å². The van der Waals surface area contributed by atoms with Crippen molar-refractivity contribution in [2.24, 2.45) is 0 Å². The van der Waals surface area contributed by atoms with Gasteiger partial charge in [0.05, 0.1) is 18.0 Å². The van der Waals surface area contributed by atoms with Gasteiger partial charge in [-0.05, 0) is 77.5 Å². The lowest BCUT2D eigenvalue weighted by molar-refractivity contribution is 0.0515. The number of nitrogens with zero attached hydrogens (tertiary/aromatic N) is 2. The second-order valence-electron chi connectivity index (χ2n) is 5.10. The minimum Gasteiger partial charge on any atom is -0.461 e. The van der Waals surface area contributed by atoms with Gasteiger partial charge in [0, 0.05) is 8.59 Å². The summed E-state index contributed by atoms with van der Waals surface area (Å²) in [5, 5.41) is 7.21. The highest BCUT2D eigenvalue weighted by Gasteiger charge is 2.18. The van der Waals surface area contributed by atoms with Gasteiger partial charge in [-0.25, -0.2) is 9.48 Å². The van der Waals surface area contributed by atoms with Gasteiger partial charge in [0.15, 0.2) is 5.69 Å². The Morgan fingerprint density at radius 2 is 2.04 bits per heavy atom. The quantitative estimate of drug-likeness (QED) is 0.435. The van der Waals surface area contributed by atoms with Crippen LogP contribution in [-0.2, 0) is 4.74 Å². The minimum atomic E-state index is -0.380. The molecule has 118 valence electrons. The van der Waals surface area contributed by atoms with Crippen LogP contribution >= 0.6 is 34.2 Å². The molecule has 3 rings (SSSR count). The first-order valence-corrected chi connectivity index (χ1v) is 8.58. The van der Waals surface area contributed by atoms with Crippen molar-refractivity contribution in [1.29, 1.82) is 0 Å². The number of esters is 1. The number of carbonyl (C=O) groups excluding carboxylic acids is 1. The Balaban J connectivity index is 2.20. The molecular formula is C17H14ClIN2O2. The Bertz CT molecular complexity index is 905. The van der Waals surface area contributed by atoms with Crippen LogP contribution in [0.4, 0.5) is 0 Å². The molecule has 0 amide bonds. The van der Waals surface area contributed by atoms with Crippen molar-refractivity contribution in [2.45, 2.75) is 13.8 Å². The van der Waals surface area contributed by atoms with Gasteiger partial charge in [0.1, 0.15) is 0 Å². The third-order valence-corrected chi connectivity index (χ3v) is 4.51. The molecule has 6 heteroatoms. The molecule has 4 nitrogen and oxygen atoms in total. The van der Waals surface area contributed by atoms with Crippen LogP contribution in [-0.4, -0.2) is 22.4 Å². The number of halogens is 2. The Labute approximate surface area is 152 Å². The fourth-order valence-electron chi connectivity index (χ4n) is 2.42. The summed E-state index contributed by atoms with van der Waals surface area (Å²) in [4.78, 5) is 12.2. The van der Waals surface area contributed by atoms with Crippen LogP contribution in [0.15, 0.2) is 36.4 Å². The highest BCUT2D eigenvalue weighted by molar-refractivity contribution is 14.1. The molecule has 1 aromatic heterocycles. The summed E-state index contributed by atoms with van der Waals surface area (Å²) < 4.78 is 7.75. The molecule has 0 unspecified atom stereocenters. The number of carbonyl (C=O) groups is 1. The fourth-order valence-corrected chi connectivity index (χ4v) is 3.32. The zero-order chi connectivity index (χ0) is 16.6. The number of rotatable bonds is 3. The van der Waals surface area contributed by atoms with Crippen molar-refractivity contribution < 1.29 is 9.53 Å². The molecule has 0 saturated heterocycles. The number of ether oxygens (including phenoxy) is 1. The van der Waals surface area contributed by atoms with Crippen molar-refractivity contribution >= 4 is 50.9 Å². The van der Waals surface area contributed by atoms with E-state index in [4.69, 9.17) is 16.3 Å². The number of aromatic nitrogens is 2. The molecule has 2 aromatic carbocycles. The molecule has 0 saturated carbocycles. The smallest absolute Gasteiger partial charge is 0.357 e. The Morgan fingerprint density at radius 3 is 2.78 bits per heavy atom. The normalized spacial score (nSPS) is 11.0. The fraction of sp³-hybridized carbons (Fsp3) is 0.176. The Hall–Kier alpha value is -1.60. The monoisotopic (exact) mass is 440 g/mol. The van der Waals surface area contributed by atoms with Gasteiger partial charge in [-0.3, -0.25) is 0 Å². The average molecular weight is 441 g/mol. The molecule has 0 radical (unpaired) electrons. The predicted molar refractivity (Wildman–Crippen MR) is 99.5 cm³/mol. The summed E-state index contributed by atoms with van der Waals surface area (Å²) in [6.07, 6.45) is 0. The molecule has 0 N–H and O–H groups in total. The van der Waals surface area contributed by atoms with Crippen molar-refractivity contribution in [3.8, 4) is 5.69 Å². The van der Waals surface area contributed by atoms with Crippen LogP contribution in [0.2, 0.25) is 5.02 Å². The second kappa shape index (κ2) is 6.49. The van der Waals surface area contributed by atoms with Crippen molar-refractivity contribution in [1.82, 2.24) is 9.78 Å². The number of hydrogen-bond acceptors (Lipinski definition) is 3. The first kappa shape index (κ1) is 16.3. The van der Waals surface area contributed by atoms with E-state index in [1.165, 1.54) is 0 Å². The Morgan fingerprint density at radius 1 is 1.26 bits per heavy atom.